The van der Waals surface area contributed by atoms with Crippen LogP contribution >= 0.6 is 0 Å². The minimum atomic E-state index is 0.704. The van der Waals surface area contributed by atoms with Crippen LogP contribution in [0.5, 0.6) is 0 Å². The molecule has 0 bridgehead atoms. The molecule has 0 unspecified atom stereocenters. The summed E-state index contributed by atoms with van der Waals surface area (Å²) in [5.41, 5.74) is 10.6. The third-order valence-electron chi connectivity index (χ3n) is 3.54. The molecule has 0 saturated carbocycles. The molecule has 2 aromatic carbocycles. The van der Waals surface area contributed by atoms with Crippen molar-refractivity contribution in [2.45, 2.75) is 19.8 Å². The van der Waals surface area contributed by atoms with Crippen molar-refractivity contribution in [2.24, 2.45) is 0 Å². The highest BCUT2D eigenvalue weighted by Gasteiger charge is 2.17. The predicted molar refractivity (Wildman–Crippen MR) is 87.4 cm³/mol. The minimum absolute atomic E-state index is 0.704. The maximum Gasteiger partial charge on any atom is 0.135 e. The summed E-state index contributed by atoms with van der Waals surface area (Å²) in [5, 5.41) is 4.74. The standard InChI is InChI=1S/C18H19N3/c1-2-9-16-17(14-10-5-3-6-11-14)18(19)21(20-16)15-12-7-4-8-13-15/h3-8,10-13H,2,9,19H2,1H3. The fraction of sp³-hybridized carbons (Fsp3) is 0.167. The van der Waals surface area contributed by atoms with Crippen LogP contribution < -0.4 is 5.73 Å². The van der Waals surface area contributed by atoms with Gasteiger partial charge in [-0.05, 0) is 24.1 Å². The summed E-state index contributed by atoms with van der Waals surface area (Å²) in [7, 11) is 0. The van der Waals surface area contributed by atoms with Gasteiger partial charge in [0.1, 0.15) is 5.82 Å². The Bertz CT molecular complexity index is 715. The van der Waals surface area contributed by atoms with E-state index in [0.717, 1.165) is 35.3 Å². The first-order chi connectivity index (χ1) is 10.3. The first-order valence-corrected chi connectivity index (χ1v) is 7.29. The van der Waals surface area contributed by atoms with Crippen molar-refractivity contribution in [3.8, 4) is 16.8 Å². The molecule has 106 valence electrons. The average Bonchev–Trinajstić information content (AvgIpc) is 2.86. The number of rotatable bonds is 4. The van der Waals surface area contributed by atoms with Crippen molar-refractivity contribution >= 4 is 5.82 Å². The molecule has 3 rings (SSSR count). The number of aromatic nitrogens is 2. The number of aryl methyl sites for hydroxylation is 1. The Hall–Kier alpha value is -2.55. The van der Waals surface area contributed by atoms with Crippen LogP contribution in [0, 0.1) is 0 Å². The smallest absolute Gasteiger partial charge is 0.135 e. The van der Waals surface area contributed by atoms with Gasteiger partial charge in [0.15, 0.2) is 0 Å². The summed E-state index contributed by atoms with van der Waals surface area (Å²) in [6, 6.07) is 20.3. The molecule has 0 spiro atoms. The van der Waals surface area contributed by atoms with Crippen LogP contribution in [-0.4, -0.2) is 9.78 Å². The zero-order valence-corrected chi connectivity index (χ0v) is 12.2. The van der Waals surface area contributed by atoms with Gasteiger partial charge in [0, 0.05) is 5.56 Å². The molecule has 1 aromatic heterocycles. The number of nitrogens with two attached hydrogens (primary N) is 1. The number of anilines is 1. The first-order valence-electron chi connectivity index (χ1n) is 7.29. The van der Waals surface area contributed by atoms with E-state index in [-0.39, 0.29) is 0 Å². The number of nitrogen functional groups attached to an aromatic ring is 1. The molecule has 3 heteroatoms. The molecule has 3 nitrogen and oxygen atoms in total. The van der Waals surface area contributed by atoms with E-state index in [4.69, 9.17) is 10.8 Å². The summed E-state index contributed by atoms with van der Waals surface area (Å²) in [5.74, 6) is 0.704. The van der Waals surface area contributed by atoms with Gasteiger partial charge >= 0.3 is 0 Å². The van der Waals surface area contributed by atoms with Crippen LogP contribution in [-0.2, 0) is 6.42 Å². The lowest BCUT2D eigenvalue weighted by atomic mass is 10.0. The summed E-state index contributed by atoms with van der Waals surface area (Å²) in [4.78, 5) is 0. The quantitative estimate of drug-likeness (QED) is 0.781. The zero-order chi connectivity index (χ0) is 14.7. The Morgan fingerprint density at radius 1 is 0.952 bits per heavy atom. The number of hydrogen-bond acceptors (Lipinski definition) is 2. The first kappa shape index (κ1) is 13.4. The van der Waals surface area contributed by atoms with Gasteiger partial charge in [-0.3, -0.25) is 0 Å². The van der Waals surface area contributed by atoms with Crippen molar-refractivity contribution in [1.29, 1.82) is 0 Å². The van der Waals surface area contributed by atoms with Crippen LogP contribution in [0.15, 0.2) is 60.7 Å². The zero-order valence-electron chi connectivity index (χ0n) is 12.2. The average molecular weight is 277 g/mol. The van der Waals surface area contributed by atoms with E-state index in [0.29, 0.717) is 5.82 Å². The number of benzene rings is 2. The van der Waals surface area contributed by atoms with Crippen LogP contribution in [0.25, 0.3) is 16.8 Å². The van der Waals surface area contributed by atoms with Gasteiger partial charge in [-0.1, -0.05) is 61.9 Å². The second-order valence-corrected chi connectivity index (χ2v) is 5.07. The second kappa shape index (κ2) is 5.83. The van der Waals surface area contributed by atoms with Crippen LogP contribution in [0.3, 0.4) is 0 Å². The lowest BCUT2D eigenvalue weighted by molar-refractivity contribution is 0.812. The Balaban J connectivity index is 2.17. The van der Waals surface area contributed by atoms with E-state index in [1.807, 2.05) is 53.2 Å². The fourth-order valence-electron chi connectivity index (χ4n) is 2.58. The van der Waals surface area contributed by atoms with E-state index in [1.165, 1.54) is 0 Å². The van der Waals surface area contributed by atoms with Crippen molar-refractivity contribution in [2.75, 3.05) is 5.73 Å². The Morgan fingerprint density at radius 2 is 1.57 bits per heavy atom. The molecule has 21 heavy (non-hydrogen) atoms. The van der Waals surface area contributed by atoms with Crippen molar-refractivity contribution in [1.82, 2.24) is 9.78 Å². The SMILES string of the molecule is CCCc1nn(-c2ccccc2)c(N)c1-c1ccccc1. The Morgan fingerprint density at radius 3 is 2.19 bits per heavy atom. The Kier molecular flexibility index (Phi) is 3.73. The highest BCUT2D eigenvalue weighted by atomic mass is 15.3. The van der Waals surface area contributed by atoms with E-state index in [1.54, 1.807) is 0 Å². The molecule has 1 heterocycles. The van der Waals surface area contributed by atoms with E-state index >= 15 is 0 Å². The van der Waals surface area contributed by atoms with Crippen LogP contribution in [0.4, 0.5) is 5.82 Å². The van der Waals surface area contributed by atoms with E-state index < -0.39 is 0 Å². The number of para-hydroxylation sites is 1. The highest BCUT2D eigenvalue weighted by Crippen LogP contribution is 2.32. The van der Waals surface area contributed by atoms with Gasteiger partial charge in [0.2, 0.25) is 0 Å². The molecule has 0 fully saturated rings. The number of nitrogens with zero attached hydrogens (tertiary/aromatic N) is 2. The monoisotopic (exact) mass is 277 g/mol. The molecule has 0 saturated heterocycles. The molecular formula is C18H19N3. The molecule has 0 aliphatic rings. The topological polar surface area (TPSA) is 43.8 Å². The molecule has 0 aliphatic carbocycles. The molecule has 3 aromatic rings. The lowest BCUT2D eigenvalue weighted by Crippen LogP contribution is -2.02. The highest BCUT2D eigenvalue weighted by molar-refractivity contribution is 5.77. The molecule has 0 atom stereocenters. The van der Waals surface area contributed by atoms with Gasteiger partial charge in [-0.25, -0.2) is 4.68 Å². The van der Waals surface area contributed by atoms with Gasteiger partial charge in [0.05, 0.1) is 11.4 Å². The lowest BCUT2D eigenvalue weighted by Gasteiger charge is -2.05. The van der Waals surface area contributed by atoms with E-state index in [9.17, 15) is 0 Å². The number of hydrogen-bond donors (Lipinski definition) is 1. The fourth-order valence-corrected chi connectivity index (χ4v) is 2.58. The largest absolute Gasteiger partial charge is 0.383 e. The molecule has 0 aliphatic heterocycles. The molecule has 0 radical (unpaired) electrons. The van der Waals surface area contributed by atoms with Crippen molar-refractivity contribution in [3.63, 3.8) is 0 Å². The van der Waals surface area contributed by atoms with Crippen LogP contribution in [0.2, 0.25) is 0 Å². The van der Waals surface area contributed by atoms with Gasteiger partial charge in [-0.2, -0.15) is 5.10 Å². The molecule has 2 N–H and O–H groups in total. The van der Waals surface area contributed by atoms with Gasteiger partial charge in [0.25, 0.3) is 0 Å². The van der Waals surface area contributed by atoms with Crippen molar-refractivity contribution in [3.05, 3.63) is 66.4 Å². The second-order valence-electron chi connectivity index (χ2n) is 5.07. The summed E-state index contributed by atoms with van der Waals surface area (Å²) < 4.78 is 1.84. The maximum atomic E-state index is 6.40. The van der Waals surface area contributed by atoms with Crippen molar-refractivity contribution < 1.29 is 0 Å². The summed E-state index contributed by atoms with van der Waals surface area (Å²) in [6.07, 6.45) is 1.97. The minimum Gasteiger partial charge on any atom is -0.383 e. The third kappa shape index (κ3) is 2.55. The normalized spacial score (nSPS) is 10.7. The van der Waals surface area contributed by atoms with Crippen LogP contribution in [0.1, 0.15) is 19.0 Å². The Labute approximate surface area is 125 Å². The molecular weight excluding hydrogens is 258 g/mol. The van der Waals surface area contributed by atoms with Gasteiger partial charge < -0.3 is 5.73 Å². The van der Waals surface area contributed by atoms with E-state index in [2.05, 4.69) is 19.1 Å². The van der Waals surface area contributed by atoms with Gasteiger partial charge in [-0.15, -0.1) is 0 Å². The predicted octanol–water partition coefficient (Wildman–Crippen LogP) is 4.07. The summed E-state index contributed by atoms with van der Waals surface area (Å²) >= 11 is 0. The molecule has 0 amide bonds. The summed E-state index contributed by atoms with van der Waals surface area (Å²) in [6.45, 7) is 2.16. The third-order valence-corrected chi connectivity index (χ3v) is 3.54. The maximum absolute atomic E-state index is 6.40.